The van der Waals surface area contributed by atoms with Crippen LogP contribution in [-0.2, 0) is 0 Å². The molecule has 0 amide bonds. The fourth-order valence-corrected chi connectivity index (χ4v) is 2.66. The molecule has 0 spiro atoms. The van der Waals surface area contributed by atoms with E-state index in [0.717, 1.165) is 15.7 Å². The lowest BCUT2D eigenvalue weighted by Crippen LogP contribution is -1.87. The maximum atomic E-state index is 9.70. The molecule has 0 aliphatic rings. The summed E-state index contributed by atoms with van der Waals surface area (Å²) in [5.41, 5.74) is 7.62. The molecule has 0 bridgehead atoms. The molecule has 0 aliphatic carbocycles. The van der Waals surface area contributed by atoms with Crippen LogP contribution >= 0.6 is 25.3 Å². The summed E-state index contributed by atoms with van der Waals surface area (Å²) < 4.78 is 0. The standard InChI is InChI=1S/C16H13N3OS2/c17-12-7-10(21)5-9-6-16(22)14(8-11(9)12)19-18-13-3-1-2-4-15(13)20/h1-8,20-22H,17H2/b19-18+. The average molecular weight is 327 g/mol. The number of benzene rings is 3. The Morgan fingerprint density at radius 3 is 2.41 bits per heavy atom. The zero-order chi connectivity index (χ0) is 15.7. The normalized spacial score (nSPS) is 11.4. The second-order valence-corrected chi connectivity index (χ2v) is 5.78. The van der Waals surface area contributed by atoms with Crippen molar-refractivity contribution in [1.82, 2.24) is 0 Å². The van der Waals surface area contributed by atoms with E-state index in [1.807, 2.05) is 18.2 Å². The number of nitrogens with zero attached hydrogens (tertiary/aromatic N) is 2. The first-order chi connectivity index (χ1) is 10.5. The minimum absolute atomic E-state index is 0.0759. The van der Waals surface area contributed by atoms with Crippen molar-refractivity contribution in [1.29, 1.82) is 0 Å². The largest absolute Gasteiger partial charge is 0.506 e. The topological polar surface area (TPSA) is 71.0 Å². The van der Waals surface area contributed by atoms with Crippen LogP contribution in [0.25, 0.3) is 10.8 Å². The SMILES string of the molecule is Nc1cc(S)cc2cc(S)c(/N=N/c3ccccc3O)cc12. The summed E-state index contributed by atoms with van der Waals surface area (Å²) in [5, 5.41) is 19.7. The van der Waals surface area contributed by atoms with E-state index in [9.17, 15) is 5.11 Å². The fraction of sp³-hybridized carbons (Fsp3) is 0. The zero-order valence-electron chi connectivity index (χ0n) is 11.4. The number of aromatic hydroxyl groups is 1. The Morgan fingerprint density at radius 1 is 0.909 bits per heavy atom. The number of azo groups is 1. The molecule has 3 N–H and O–H groups in total. The van der Waals surface area contributed by atoms with Crippen LogP contribution < -0.4 is 5.73 Å². The van der Waals surface area contributed by atoms with E-state index in [0.29, 0.717) is 22.0 Å². The van der Waals surface area contributed by atoms with Crippen LogP contribution in [0.5, 0.6) is 5.75 Å². The van der Waals surface area contributed by atoms with E-state index < -0.39 is 0 Å². The van der Waals surface area contributed by atoms with E-state index in [2.05, 4.69) is 35.5 Å². The molecular weight excluding hydrogens is 314 g/mol. The summed E-state index contributed by atoms with van der Waals surface area (Å²) in [4.78, 5) is 1.46. The number of anilines is 1. The van der Waals surface area contributed by atoms with Gasteiger partial charge in [0.15, 0.2) is 0 Å². The molecule has 4 nitrogen and oxygen atoms in total. The van der Waals surface area contributed by atoms with Crippen molar-refractivity contribution in [3.63, 3.8) is 0 Å². The van der Waals surface area contributed by atoms with Crippen LogP contribution in [0.1, 0.15) is 0 Å². The highest BCUT2D eigenvalue weighted by atomic mass is 32.1. The fourth-order valence-electron chi connectivity index (χ4n) is 2.14. The van der Waals surface area contributed by atoms with Crippen LogP contribution in [0.15, 0.2) is 68.6 Å². The Balaban J connectivity index is 2.08. The lowest BCUT2D eigenvalue weighted by molar-refractivity contribution is 0.476. The Kier molecular flexibility index (Phi) is 3.96. The van der Waals surface area contributed by atoms with Gasteiger partial charge in [0.2, 0.25) is 0 Å². The molecule has 3 rings (SSSR count). The molecule has 110 valence electrons. The summed E-state index contributed by atoms with van der Waals surface area (Å²) in [6, 6.07) is 14.1. The third-order valence-electron chi connectivity index (χ3n) is 3.21. The van der Waals surface area contributed by atoms with Crippen molar-refractivity contribution >= 4 is 53.1 Å². The third-order valence-corrected chi connectivity index (χ3v) is 3.83. The Morgan fingerprint density at radius 2 is 1.64 bits per heavy atom. The number of nitrogen functional groups attached to an aromatic ring is 1. The van der Waals surface area contributed by atoms with Gasteiger partial charge >= 0.3 is 0 Å². The lowest BCUT2D eigenvalue weighted by Gasteiger charge is -2.07. The molecule has 0 fully saturated rings. The molecule has 0 heterocycles. The zero-order valence-corrected chi connectivity index (χ0v) is 13.2. The number of phenolic OH excluding ortho intramolecular Hbond substituents is 1. The molecule has 3 aromatic carbocycles. The second kappa shape index (κ2) is 5.90. The van der Waals surface area contributed by atoms with Crippen molar-refractivity contribution in [2.24, 2.45) is 10.2 Å². The monoisotopic (exact) mass is 327 g/mol. The molecule has 6 heteroatoms. The second-order valence-electron chi connectivity index (χ2n) is 4.79. The van der Waals surface area contributed by atoms with E-state index in [4.69, 9.17) is 5.73 Å². The van der Waals surface area contributed by atoms with Crippen molar-refractivity contribution in [3.8, 4) is 5.75 Å². The Bertz CT molecular complexity index is 894. The molecular formula is C16H13N3OS2. The smallest absolute Gasteiger partial charge is 0.143 e. The average Bonchev–Trinajstić information content (AvgIpc) is 2.46. The highest BCUT2D eigenvalue weighted by Crippen LogP contribution is 2.35. The van der Waals surface area contributed by atoms with Crippen LogP contribution in [-0.4, -0.2) is 5.11 Å². The van der Waals surface area contributed by atoms with E-state index in [1.54, 1.807) is 30.3 Å². The number of hydrogen-bond donors (Lipinski definition) is 4. The first kappa shape index (κ1) is 14.7. The highest BCUT2D eigenvalue weighted by molar-refractivity contribution is 7.80. The van der Waals surface area contributed by atoms with Gasteiger partial charge < -0.3 is 10.8 Å². The van der Waals surface area contributed by atoms with Crippen LogP contribution in [0, 0.1) is 0 Å². The van der Waals surface area contributed by atoms with Gasteiger partial charge in [-0.25, -0.2) is 0 Å². The number of hydrogen-bond acceptors (Lipinski definition) is 6. The lowest BCUT2D eigenvalue weighted by atomic mass is 10.1. The predicted molar refractivity (Wildman–Crippen MR) is 95.1 cm³/mol. The number of rotatable bonds is 2. The quantitative estimate of drug-likeness (QED) is 0.300. The van der Waals surface area contributed by atoms with Gasteiger partial charge in [-0.15, -0.1) is 35.5 Å². The number of nitrogens with two attached hydrogens (primary N) is 1. The minimum atomic E-state index is 0.0759. The molecule has 0 aromatic heterocycles. The molecule has 0 aliphatic heterocycles. The highest BCUT2D eigenvalue weighted by Gasteiger charge is 2.06. The van der Waals surface area contributed by atoms with E-state index in [-0.39, 0.29) is 5.75 Å². The molecule has 0 saturated carbocycles. The van der Waals surface area contributed by atoms with Crippen LogP contribution in [0.4, 0.5) is 17.1 Å². The summed E-state index contributed by atoms with van der Waals surface area (Å²) in [7, 11) is 0. The van der Waals surface area contributed by atoms with Crippen molar-refractivity contribution in [3.05, 3.63) is 48.5 Å². The first-order valence-electron chi connectivity index (χ1n) is 6.49. The number of fused-ring (bicyclic) bond motifs is 1. The summed E-state index contributed by atoms with van der Waals surface area (Å²) in [5.74, 6) is 0.0759. The molecule has 22 heavy (non-hydrogen) atoms. The van der Waals surface area contributed by atoms with E-state index >= 15 is 0 Å². The number of thiol groups is 2. The first-order valence-corrected chi connectivity index (χ1v) is 7.39. The number of para-hydroxylation sites is 1. The molecule has 0 saturated heterocycles. The van der Waals surface area contributed by atoms with Gasteiger partial charge in [-0.05, 0) is 41.8 Å². The summed E-state index contributed by atoms with van der Waals surface area (Å²) in [6.07, 6.45) is 0. The van der Waals surface area contributed by atoms with Gasteiger partial charge in [0.1, 0.15) is 11.4 Å². The predicted octanol–water partition coefficient (Wildman–Crippen LogP) is 5.12. The molecule has 0 unspecified atom stereocenters. The third kappa shape index (κ3) is 2.88. The van der Waals surface area contributed by atoms with Crippen LogP contribution in [0.2, 0.25) is 0 Å². The van der Waals surface area contributed by atoms with Crippen LogP contribution in [0.3, 0.4) is 0 Å². The van der Waals surface area contributed by atoms with Gasteiger partial charge in [0.25, 0.3) is 0 Å². The minimum Gasteiger partial charge on any atom is -0.506 e. The van der Waals surface area contributed by atoms with Gasteiger partial charge in [-0.1, -0.05) is 12.1 Å². The van der Waals surface area contributed by atoms with Gasteiger partial charge in [0.05, 0.1) is 5.69 Å². The van der Waals surface area contributed by atoms with Crippen molar-refractivity contribution in [2.75, 3.05) is 5.73 Å². The molecule has 3 aromatic rings. The van der Waals surface area contributed by atoms with Crippen molar-refractivity contribution < 1.29 is 5.11 Å². The Hall–Kier alpha value is -2.18. The summed E-state index contributed by atoms with van der Waals surface area (Å²) in [6.45, 7) is 0. The van der Waals surface area contributed by atoms with Gasteiger partial charge in [-0.3, -0.25) is 0 Å². The molecule has 0 atom stereocenters. The maximum absolute atomic E-state index is 9.70. The van der Waals surface area contributed by atoms with Gasteiger partial charge in [-0.2, -0.15) is 0 Å². The van der Waals surface area contributed by atoms with Gasteiger partial charge in [0, 0.05) is 20.9 Å². The Labute approximate surface area is 138 Å². The number of phenols is 1. The molecule has 0 radical (unpaired) electrons. The maximum Gasteiger partial charge on any atom is 0.143 e. The van der Waals surface area contributed by atoms with Crippen molar-refractivity contribution in [2.45, 2.75) is 9.79 Å². The van der Waals surface area contributed by atoms with E-state index in [1.165, 1.54) is 0 Å². The summed E-state index contributed by atoms with van der Waals surface area (Å²) >= 11 is 8.75.